The number of likely N-dealkylation sites (N-methyl/N-ethyl adjacent to an activating group) is 1. The Hall–Kier alpha value is -2.49. The van der Waals surface area contributed by atoms with Crippen molar-refractivity contribution < 1.29 is 22.7 Å². The summed E-state index contributed by atoms with van der Waals surface area (Å²) in [4.78, 5) is 27.1. The molecule has 2 aromatic carbocycles. The van der Waals surface area contributed by atoms with E-state index < -0.39 is 34.4 Å². The molecule has 2 aromatic rings. The van der Waals surface area contributed by atoms with Crippen LogP contribution >= 0.6 is 23.2 Å². The molecule has 1 unspecified atom stereocenters. The number of ether oxygens (including phenoxy) is 1. The smallest absolute Gasteiger partial charge is 0.244 e. The van der Waals surface area contributed by atoms with Crippen molar-refractivity contribution in [1.82, 2.24) is 10.2 Å². The van der Waals surface area contributed by atoms with Crippen molar-refractivity contribution >= 4 is 50.7 Å². The van der Waals surface area contributed by atoms with Gasteiger partial charge in [0, 0.05) is 23.6 Å². The maximum Gasteiger partial charge on any atom is 0.244 e. The van der Waals surface area contributed by atoms with Crippen LogP contribution in [0.5, 0.6) is 5.75 Å². The number of benzene rings is 2. The summed E-state index contributed by atoms with van der Waals surface area (Å²) < 4.78 is 31.8. The second kappa shape index (κ2) is 11.6. The second-order valence-corrected chi connectivity index (χ2v) is 9.97. The lowest BCUT2D eigenvalue weighted by Crippen LogP contribution is -2.50. The van der Waals surface area contributed by atoms with Crippen LogP contribution in [0.15, 0.2) is 42.5 Å². The summed E-state index contributed by atoms with van der Waals surface area (Å²) in [7, 11) is -2.41. The minimum absolute atomic E-state index is 0.0197. The minimum atomic E-state index is -3.86. The van der Waals surface area contributed by atoms with Gasteiger partial charge in [-0.15, -0.1) is 0 Å². The molecule has 33 heavy (non-hydrogen) atoms. The third-order valence-corrected chi connectivity index (χ3v) is 6.60. The Morgan fingerprint density at radius 3 is 2.39 bits per heavy atom. The van der Waals surface area contributed by atoms with Gasteiger partial charge in [-0.2, -0.15) is 0 Å². The summed E-state index contributed by atoms with van der Waals surface area (Å²) in [5.74, 6) is -0.673. The Morgan fingerprint density at radius 2 is 1.82 bits per heavy atom. The van der Waals surface area contributed by atoms with Crippen molar-refractivity contribution in [3.63, 3.8) is 0 Å². The third-order valence-electron chi connectivity index (χ3n) is 4.88. The van der Waals surface area contributed by atoms with Gasteiger partial charge in [-0.25, -0.2) is 8.42 Å². The maximum atomic E-state index is 13.4. The zero-order valence-corrected chi connectivity index (χ0v) is 21.2. The highest BCUT2D eigenvalue weighted by Gasteiger charge is 2.31. The van der Waals surface area contributed by atoms with E-state index in [1.807, 2.05) is 0 Å². The number of rotatable bonds is 10. The molecule has 180 valence electrons. The van der Waals surface area contributed by atoms with E-state index in [9.17, 15) is 18.0 Å². The number of carbonyl (C=O) groups excluding carboxylic acids is 2. The summed E-state index contributed by atoms with van der Waals surface area (Å²) in [6.07, 6.45) is 1.01. The van der Waals surface area contributed by atoms with E-state index in [-0.39, 0.29) is 12.2 Å². The Labute approximate surface area is 204 Å². The monoisotopic (exact) mass is 515 g/mol. The molecule has 0 aliphatic rings. The number of anilines is 1. The highest BCUT2D eigenvalue weighted by molar-refractivity contribution is 7.92. The van der Waals surface area contributed by atoms with Crippen molar-refractivity contribution in [1.29, 1.82) is 0 Å². The summed E-state index contributed by atoms with van der Waals surface area (Å²) in [6, 6.07) is 10.5. The van der Waals surface area contributed by atoms with E-state index in [0.717, 1.165) is 10.6 Å². The quantitative estimate of drug-likeness (QED) is 0.523. The predicted molar refractivity (Wildman–Crippen MR) is 130 cm³/mol. The molecule has 0 spiro atoms. The van der Waals surface area contributed by atoms with E-state index in [2.05, 4.69) is 5.32 Å². The maximum absolute atomic E-state index is 13.4. The van der Waals surface area contributed by atoms with Gasteiger partial charge in [-0.3, -0.25) is 13.9 Å². The van der Waals surface area contributed by atoms with Gasteiger partial charge in [0.1, 0.15) is 18.3 Å². The number of nitrogens with zero attached hydrogens (tertiary/aromatic N) is 2. The Balaban J connectivity index is 2.46. The molecular weight excluding hydrogens is 489 g/mol. The molecule has 0 heterocycles. The summed E-state index contributed by atoms with van der Waals surface area (Å²) in [5.41, 5.74) is 0.790. The molecule has 0 aliphatic heterocycles. The van der Waals surface area contributed by atoms with Gasteiger partial charge in [0.25, 0.3) is 0 Å². The second-order valence-electron chi connectivity index (χ2n) is 7.22. The number of carbonyl (C=O) groups is 2. The van der Waals surface area contributed by atoms with Crippen LogP contribution in [-0.2, 0) is 26.2 Å². The highest BCUT2D eigenvalue weighted by Crippen LogP contribution is 2.30. The van der Waals surface area contributed by atoms with Crippen molar-refractivity contribution in [3.05, 3.63) is 58.1 Å². The van der Waals surface area contributed by atoms with Gasteiger partial charge in [-0.1, -0.05) is 41.4 Å². The number of sulfonamides is 1. The number of nitrogens with one attached hydrogen (secondary N) is 1. The molecule has 0 saturated heterocycles. The fourth-order valence-electron chi connectivity index (χ4n) is 3.16. The predicted octanol–water partition coefficient (Wildman–Crippen LogP) is 3.32. The van der Waals surface area contributed by atoms with E-state index in [4.69, 9.17) is 27.9 Å². The minimum Gasteiger partial charge on any atom is -0.492 e. The highest BCUT2D eigenvalue weighted by atomic mass is 35.5. The lowest BCUT2D eigenvalue weighted by molar-refractivity contribution is -0.139. The normalized spacial score (nSPS) is 12.1. The van der Waals surface area contributed by atoms with Crippen LogP contribution in [-0.4, -0.2) is 57.6 Å². The lowest BCUT2D eigenvalue weighted by Gasteiger charge is -2.31. The SMILES string of the molecule is CCOc1ccccc1N(CC(=O)N(Cc1ccc(Cl)cc1Cl)C(C)C(=O)NC)S(C)(=O)=O. The van der Waals surface area contributed by atoms with Crippen LogP contribution in [0.4, 0.5) is 5.69 Å². The van der Waals surface area contributed by atoms with Crippen LogP contribution in [0, 0.1) is 0 Å². The fraction of sp³-hybridized carbons (Fsp3) is 0.364. The third kappa shape index (κ3) is 6.99. The van der Waals surface area contributed by atoms with Crippen LogP contribution in [0.25, 0.3) is 0 Å². The summed E-state index contributed by atoms with van der Waals surface area (Å²) in [5, 5.41) is 3.26. The first-order valence-electron chi connectivity index (χ1n) is 10.1. The molecule has 1 N–H and O–H groups in total. The largest absolute Gasteiger partial charge is 0.492 e. The van der Waals surface area contributed by atoms with Crippen molar-refractivity contribution in [2.45, 2.75) is 26.4 Å². The zero-order chi connectivity index (χ0) is 24.8. The van der Waals surface area contributed by atoms with Gasteiger partial charge in [0.2, 0.25) is 21.8 Å². The van der Waals surface area contributed by atoms with Gasteiger partial charge in [-0.05, 0) is 43.7 Å². The van der Waals surface area contributed by atoms with E-state index in [1.165, 1.54) is 18.0 Å². The van der Waals surface area contributed by atoms with Crippen molar-refractivity contribution in [2.24, 2.45) is 0 Å². The van der Waals surface area contributed by atoms with Crippen molar-refractivity contribution in [3.8, 4) is 5.75 Å². The zero-order valence-electron chi connectivity index (χ0n) is 18.8. The standard InChI is InChI=1S/C22H27Cl2N3O5S/c1-5-32-20-9-7-6-8-19(20)27(33(4,30)31)14-21(28)26(15(2)22(29)25-3)13-16-10-11-17(23)12-18(16)24/h6-12,15H,5,13-14H2,1-4H3,(H,25,29). The average Bonchev–Trinajstić information content (AvgIpc) is 2.76. The molecule has 11 heteroatoms. The molecule has 0 radical (unpaired) electrons. The summed E-state index contributed by atoms with van der Waals surface area (Å²) in [6.45, 7) is 3.09. The van der Waals surface area contributed by atoms with Gasteiger partial charge >= 0.3 is 0 Å². The fourth-order valence-corrected chi connectivity index (χ4v) is 4.48. The molecule has 1 atom stereocenters. The van der Waals surface area contributed by atoms with E-state index in [0.29, 0.717) is 28.0 Å². The molecule has 8 nitrogen and oxygen atoms in total. The van der Waals surface area contributed by atoms with Gasteiger partial charge < -0.3 is 15.0 Å². The first kappa shape index (κ1) is 26.8. The lowest BCUT2D eigenvalue weighted by atomic mass is 10.1. The molecule has 0 fully saturated rings. The van der Waals surface area contributed by atoms with Crippen LogP contribution < -0.4 is 14.4 Å². The Morgan fingerprint density at radius 1 is 1.15 bits per heavy atom. The number of hydrogen-bond donors (Lipinski definition) is 1. The number of para-hydroxylation sites is 2. The van der Waals surface area contributed by atoms with E-state index >= 15 is 0 Å². The van der Waals surface area contributed by atoms with Crippen LogP contribution in [0.1, 0.15) is 19.4 Å². The molecule has 0 bridgehead atoms. The van der Waals surface area contributed by atoms with Crippen molar-refractivity contribution in [2.75, 3.05) is 30.8 Å². The molecule has 0 aliphatic carbocycles. The molecule has 2 rings (SSSR count). The average molecular weight is 516 g/mol. The first-order valence-corrected chi connectivity index (χ1v) is 12.7. The first-order chi connectivity index (χ1) is 15.5. The molecule has 2 amide bonds. The topological polar surface area (TPSA) is 96.0 Å². The Bertz CT molecular complexity index is 1110. The molecule has 0 saturated carbocycles. The van der Waals surface area contributed by atoms with E-state index in [1.54, 1.807) is 50.2 Å². The van der Waals surface area contributed by atoms with Gasteiger partial charge in [0.05, 0.1) is 18.6 Å². The number of amides is 2. The van der Waals surface area contributed by atoms with Crippen LogP contribution in [0.3, 0.4) is 0 Å². The molecule has 0 aromatic heterocycles. The van der Waals surface area contributed by atoms with Crippen LogP contribution in [0.2, 0.25) is 10.0 Å². The summed E-state index contributed by atoms with van der Waals surface area (Å²) >= 11 is 12.2. The molecular formula is C22H27Cl2N3O5S. The van der Waals surface area contributed by atoms with Gasteiger partial charge in [0.15, 0.2) is 0 Å². The number of halogens is 2. The Kier molecular flexibility index (Phi) is 9.39. The number of hydrogen-bond acceptors (Lipinski definition) is 5.